The van der Waals surface area contributed by atoms with Crippen molar-refractivity contribution in [3.8, 4) is 0 Å². The molecular formula is C19H25NSi. The van der Waals surface area contributed by atoms with Gasteiger partial charge in [0.15, 0.2) is 0 Å². The fourth-order valence-corrected chi connectivity index (χ4v) is 6.61. The maximum atomic E-state index is 2.47. The van der Waals surface area contributed by atoms with E-state index in [1.807, 2.05) is 0 Å². The Kier molecular flexibility index (Phi) is 3.25. The number of aromatic nitrogens is 1. The van der Waals surface area contributed by atoms with E-state index in [0.717, 1.165) is 0 Å². The molecule has 2 aromatic rings. The van der Waals surface area contributed by atoms with E-state index in [1.165, 1.54) is 16.6 Å². The average molecular weight is 296 g/mol. The van der Waals surface area contributed by atoms with Gasteiger partial charge in [-0.05, 0) is 24.1 Å². The lowest BCUT2D eigenvalue weighted by Crippen LogP contribution is -2.40. The average Bonchev–Trinajstić information content (AvgIpc) is 2.63. The monoisotopic (exact) mass is 295 g/mol. The second-order valence-electron chi connectivity index (χ2n) is 7.48. The van der Waals surface area contributed by atoms with Crippen LogP contribution in [0.4, 0.5) is 0 Å². The van der Waals surface area contributed by atoms with Crippen molar-refractivity contribution in [2.75, 3.05) is 0 Å². The van der Waals surface area contributed by atoms with Crippen molar-refractivity contribution >= 4 is 31.3 Å². The molecule has 1 aromatic carbocycles. The molecule has 1 atom stereocenters. The van der Waals surface area contributed by atoms with Crippen LogP contribution >= 0.6 is 0 Å². The van der Waals surface area contributed by atoms with E-state index >= 15 is 0 Å². The molecule has 0 saturated heterocycles. The first kappa shape index (κ1) is 14.4. The highest BCUT2D eigenvalue weighted by atomic mass is 28.3. The summed E-state index contributed by atoms with van der Waals surface area (Å²) in [6.07, 6.45) is 9.57. The van der Waals surface area contributed by atoms with Gasteiger partial charge in [-0.15, -0.1) is 0 Å². The summed E-state index contributed by atoms with van der Waals surface area (Å²) in [7, 11) is -1.37. The largest absolute Gasteiger partial charge is 0.317 e. The first-order valence-electron chi connectivity index (χ1n) is 7.84. The van der Waals surface area contributed by atoms with Gasteiger partial charge in [0.25, 0.3) is 0 Å². The van der Waals surface area contributed by atoms with Crippen molar-refractivity contribution < 1.29 is 0 Å². The van der Waals surface area contributed by atoms with Gasteiger partial charge in [-0.25, -0.2) is 0 Å². The predicted octanol–water partition coefficient (Wildman–Crippen LogP) is 5.87. The minimum absolute atomic E-state index is 0.215. The molecule has 0 aliphatic carbocycles. The van der Waals surface area contributed by atoms with Crippen molar-refractivity contribution in [1.82, 2.24) is 4.57 Å². The summed E-state index contributed by atoms with van der Waals surface area (Å²) in [6, 6.07) is 10.9. The maximum Gasteiger partial charge on any atom is 0.0601 e. The molecule has 1 aliphatic rings. The van der Waals surface area contributed by atoms with Crippen molar-refractivity contribution in [3.63, 3.8) is 0 Å². The van der Waals surface area contributed by atoms with Crippen molar-refractivity contribution in [2.45, 2.75) is 38.5 Å². The number of hydrogen-bond acceptors (Lipinski definition) is 0. The van der Waals surface area contributed by atoms with E-state index in [9.17, 15) is 0 Å². The normalized spacial score (nSPS) is 21.8. The van der Waals surface area contributed by atoms with E-state index in [4.69, 9.17) is 0 Å². The number of rotatable bonds is 2. The van der Waals surface area contributed by atoms with Crippen LogP contribution in [-0.4, -0.2) is 12.6 Å². The van der Waals surface area contributed by atoms with Crippen LogP contribution in [0.1, 0.15) is 19.5 Å². The summed E-state index contributed by atoms with van der Waals surface area (Å²) < 4.78 is 2.33. The number of benzene rings is 1. The van der Waals surface area contributed by atoms with Crippen molar-refractivity contribution in [1.29, 1.82) is 0 Å². The smallest absolute Gasteiger partial charge is 0.0601 e. The number of nitrogens with zero attached hydrogens (tertiary/aromatic N) is 1. The highest BCUT2D eigenvalue weighted by Gasteiger charge is 2.42. The van der Waals surface area contributed by atoms with Crippen LogP contribution in [-0.2, 0) is 0 Å². The lowest BCUT2D eigenvalue weighted by Gasteiger charge is -2.42. The Morgan fingerprint density at radius 2 is 1.76 bits per heavy atom. The SMILES string of the molecule is CC(C)C1([Si](C)(C)C)C=Cc2cc3ccccc3n2C=C1. The zero-order valence-electron chi connectivity index (χ0n) is 13.7. The molecule has 0 radical (unpaired) electrons. The molecule has 1 unspecified atom stereocenters. The van der Waals surface area contributed by atoms with Crippen molar-refractivity contribution in [2.24, 2.45) is 5.92 Å². The van der Waals surface area contributed by atoms with Crippen LogP contribution in [0.2, 0.25) is 24.7 Å². The Morgan fingerprint density at radius 3 is 2.43 bits per heavy atom. The van der Waals surface area contributed by atoms with Crippen LogP contribution in [0.3, 0.4) is 0 Å². The van der Waals surface area contributed by atoms with Gasteiger partial charge in [0.2, 0.25) is 0 Å². The molecule has 110 valence electrons. The number of hydrogen-bond donors (Lipinski definition) is 0. The van der Waals surface area contributed by atoms with Gasteiger partial charge >= 0.3 is 0 Å². The van der Waals surface area contributed by atoms with Crippen LogP contribution in [0, 0.1) is 5.92 Å². The van der Waals surface area contributed by atoms with Crippen LogP contribution < -0.4 is 0 Å². The van der Waals surface area contributed by atoms with Crippen LogP contribution in [0.5, 0.6) is 0 Å². The Hall–Kier alpha value is -1.54. The third kappa shape index (κ3) is 2.13. The maximum absolute atomic E-state index is 2.47. The molecule has 2 heteroatoms. The lowest BCUT2D eigenvalue weighted by atomic mass is 9.93. The standard InChI is InChI=1S/C19H25NSi/c1-15(2)19(21(3,4)5)11-10-17-14-16-8-6-7-9-18(16)20(17)13-12-19/h6-15H,1-5H3. The number of para-hydroxylation sites is 1. The first-order valence-corrected chi connectivity index (χ1v) is 11.3. The Bertz CT molecular complexity index is 728. The molecule has 1 aliphatic heterocycles. The predicted molar refractivity (Wildman–Crippen MR) is 97.2 cm³/mol. The second-order valence-corrected chi connectivity index (χ2v) is 12.9. The topological polar surface area (TPSA) is 4.93 Å². The van der Waals surface area contributed by atoms with Gasteiger partial charge in [-0.1, -0.05) is 63.8 Å². The summed E-state index contributed by atoms with van der Waals surface area (Å²) in [6.45, 7) is 12.1. The fraction of sp³-hybridized carbons (Fsp3) is 0.368. The van der Waals surface area contributed by atoms with Gasteiger partial charge in [0.05, 0.1) is 13.6 Å². The minimum atomic E-state index is -1.37. The Morgan fingerprint density at radius 1 is 1.05 bits per heavy atom. The lowest BCUT2D eigenvalue weighted by molar-refractivity contribution is 0.553. The van der Waals surface area contributed by atoms with E-state index < -0.39 is 8.07 Å². The van der Waals surface area contributed by atoms with Gasteiger partial charge in [-0.3, -0.25) is 0 Å². The zero-order chi connectivity index (χ0) is 15.3. The molecule has 21 heavy (non-hydrogen) atoms. The molecule has 2 heterocycles. The molecule has 0 fully saturated rings. The van der Waals surface area contributed by atoms with Gasteiger partial charge in [0, 0.05) is 22.3 Å². The molecule has 1 aromatic heterocycles. The Balaban J connectivity index is 2.20. The molecule has 0 spiro atoms. The first-order chi connectivity index (χ1) is 9.85. The van der Waals surface area contributed by atoms with E-state index in [1.54, 1.807) is 0 Å². The highest BCUT2D eigenvalue weighted by molar-refractivity contribution is 6.80. The molecule has 0 bridgehead atoms. The highest BCUT2D eigenvalue weighted by Crippen LogP contribution is 2.49. The van der Waals surface area contributed by atoms with Crippen LogP contribution in [0.15, 0.2) is 42.5 Å². The summed E-state index contributed by atoms with van der Waals surface area (Å²) in [5.41, 5.74) is 2.58. The molecule has 1 nitrogen and oxygen atoms in total. The number of fused-ring (bicyclic) bond motifs is 3. The van der Waals surface area contributed by atoms with Crippen molar-refractivity contribution in [3.05, 3.63) is 48.2 Å². The fourth-order valence-electron chi connectivity index (χ4n) is 3.72. The van der Waals surface area contributed by atoms with Gasteiger partial charge < -0.3 is 4.57 Å². The third-order valence-electron chi connectivity index (χ3n) is 5.06. The quantitative estimate of drug-likeness (QED) is 0.610. The summed E-state index contributed by atoms with van der Waals surface area (Å²) >= 11 is 0. The second kappa shape index (κ2) is 4.74. The molecule has 3 rings (SSSR count). The molecule has 0 amide bonds. The molecule has 0 N–H and O–H groups in total. The summed E-state index contributed by atoms with van der Waals surface area (Å²) in [4.78, 5) is 0. The molecule has 0 saturated carbocycles. The van der Waals surface area contributed by atoms with Gasteiger partial charge in [-0.2, -0.15) is 0 Å². The summed E-state index contributed by atoms with van der Waals surface area (Å²) in [5.74, 6) is 0.618. The zero-order valence-corrected chi connectivity index (χ0v) is 14.7. The van der Waals surface area contributed by atoms with Gasteiger partial charge in [0.1, 0.15) is 0 Å². The Labute approximate surface area is 129 Å². The minimum Gasteiger partial charge on any atom is -0.317 e. The van der Waals surface area contributed by atoms with E-state index in [2.05, 4.69) is 92.8 Å². The molecular weight excluding hydrogens is 270 g/mol. The summed E-state index contributed by atoms with van der Waals surface area (Å²) in [5, 5.41) is 1.53. The van der Waals surface area contributed by atoms with Crippen LogP contribution in [0.25, 0.3) is 23.2 Å². The third-order valence-corrected chi connectivity index (χ3v) is 8.57. The van der Waals surface area contributed by atoms with E-state index in [-0.39, 0.29) is 5.04 Å². The number of allylic oxidation sites excluding steroid dienone is 2. The van der Waals surface area contributed by atoms with E-state index in [0.29, 0.717) is 5.92 Å².